The molecule has 0 saturated carbocycles. The molecule has 2 heterocycles. The van der Waals surface area contributed by atoms with E-state index in [0.717, 1.165) is 0 Å². The Hall–Kier alpha value is -1.28. The van der Waals surface area contributed by atoms with Gasteiger partial charge >= 0.3 is 0 Å². The smallest absolute Gasteiger partial charge is 0.183 e. The van der Waals surface area contributed by atoms with Crippen molar-refractivity contribution >= 4 is 23.2 Å². The summed E-state index contributed by atoms with van der Waals surface area (Å²) in [5, 5.41) is 10.3. The van der Waals surface area contributed by atoms with Gasteiger partial charge in [-0.3, -0.25) is 4.90 Å². The third-order valence-corrected chi connectivity index (χ3v) is 7.25. The van der Waals surface area contributed by atoms with Gasteiger partial charge in [-0.25, -0.2) is 8.78 Å². The highest BCUT2D eigenvalue weighted by Gasteiger charge is 2.65. The van der Waals surface area contributed by atoms with Gasteiger partial charge in [0.1, 0.15) is 17.7 Å². The van der Waals surface area contributed by atoms with Crippen molar-refractivity contribution in [3.05, 3.63) is 69.2 Å². The van der Waals surface area contributed by atoms with Crippen LogP contribution in [0.2, 0.25) is 10.0 Å². The zero-order chi connectivity index (χ0) is 23.6. The number of likely N-dealkylation sites (N-methyl/N-ethyl adjacent to an activating group) is 1. The van der Waals surface area contributed by atoms with Gasteiger partial charge in [0.15, 0.2) is 6.29 Å². The highest BCUT2D eigenvalue weighted by atomic mass is 35.5. The molecule has 6 atom stereocenters. The zero-order valence-corrected chi connectivity index (χ0v) is 20.0. The fourth-order valence-corrected chi connectivity index (χ4v) is 5.68. The number of hydrogen-bond acceptors (Lipinski definition) is 4. The summed E-state index contributed by atoms with van der Waals surface area (Å²) in [7, 11) is 1.87. The largest absolute Gasteiger partial charge is 0.366 e. The molecule has 174 valence electrons. The number of benzene rings is 2. The van der Waals surface area contributed by atoms with E-state index in [1.165, 1.54) is 12.1 Å². The topological polar surface area (TPSA) is 62.0 Å². The highest BCUT2D eigenvalue weighted by molar-refractivity contribution is 6.31. The average molecular weight is 485 g/mol. The number of ether oxygens (including phenoxy) is 1. The van der Waals surface area contributed by atoms with Crippen molar-refractivity contribution in [1.82, 2.24) is 4.90 Å². The van der Waals surface area contributed by atoms with Gasteiger partial charge in [-0.15, -0.1) is 0 Å². The van der Waals surface area contributed by atoms with E-state index in [2.05, 4.69) is 20.8 Å². The number of aliphatic hydroxyl groups excluding tert-OH is 1. The second-order valence-electron chi connectivity index (χ2n) is 10.1. The molecule has 0 spiro atoms. The molecule has 2 aliphatic heterocycles. The maximum Gasteiger partial charge on any atom is 0.183 e. The molecule has 0 bridgehead atoms. The molecule has 4 nitrogen and oxygen atoms in total. The summed E-state index contributed by atoms with van der Waals surface area (Å²) in [6, 6.07) is 8.24. The van der Waals surface area contributed by atoms with Crippen LogP contribution in [0.25, 0.3) is 0 Å². The molecular formula is C24H28Cl2F2N2O2. The number of nitrogens with two attached hydrogens (primary N) is 1. The van der Waals surface area contributed by atoms with E-state index in [1.807, 2.05) is 11.9 Å². The van der Waals surface area contributed by atoms with Crippen molar-refractivity contribution in [3.8, 4) is 0 Å². The van der Waals surface area contributed by atoms with Crippen molar-refractivity contribution in [2.45, 2.75) is 63.1 Å². The predicted octanol–water partition coefficient (Wildman–Crippen LogP) is 5.05. The van der Waals surface area contributed by atoms with Crippen LogP contribution in [-0.2, 0) is 10.3 Å². The first-order valence-corrected chi connectivity index (χ1v) is 11.4. The molecule has 32 heavy (non-hydrogen) atoms. The molecule has 0 radical (unpaired) electrons. The molecule has 4 rings (SSSR count). The number of aliphatic hydroxyl groups is 1. The van der Waals surface area contributed by atoms with E-state index in [9.17, 15) is 5.11 Å². The first-order valence-electron chi connectivity index (χ1n) is 10.6. The first kappa shape index (κ1) is 23.9. The van der Waals surface area contributed by atoms with Crippen LogP contribution in [0.1, 0.15) is 44.2 Å². The molecule has 2 aromatic carbocycles. The maximum atomic E-state index is 15.4. The van der Waals surface area contributed by atoms with Crippen LogP contribution in [0.3, 0.4) is 0 Å². The monoisotopic (exact) mass is 484 g/mol. The Morgan fingerprint density at radius 2 is 1.84 bits per heavy atom. The second kappa shape index (κ2) is 8.19. The van der Waals surface area contributed by atoms with Gasteiger partial charge in [-0.05, 0) is 42.6 Å². The van der Waals surface area contributed by atoms with E-state index < -0.39 is 41.5 Å². The summed E-state index contributed by atoms with van der Waals surface area (Å²) < 4.78 is 36.2. The fraction of sp³-hybridized carbons (Fsp3) is 0.500. The van der Waals surface area contributed by atoms with Gasteiger partial charge in [0.25, 0.3) is 0 Å². The normalized spacial score (nSPS) is 33.0. The van der Waals surface area contributed by atoms with Crippen LogP contribution < -0.4 is 5.73 Å². The maximum absolute atomic E-state index is 15.4. The Kier molecular flexibility index (Phi) is 6.11. The fourth-order valence-electron chi connectivity index (χ4n) is 5.34. The van der Waals surface area contributed by atoms with Crippen LogP contribution in [0.15, 0.2) is 36.4 Å². The molecule has 2 saturated heterocycles. The molecule has 8 heteroatoms. The molecule has 0 aliphatic carbocycles. The summed E-state index contributed by atoms with van der Waals surface area (Å²) in [6.45, 7) is 6.22. The minimum Gasteiger partial charge on any atom is -0.366 e. The Bertz CT molecular complexity index is 1030. The molecular weight excluding hydrogens is 457 g/mol. The Morgan fingerprint density at radius 3 is 2.41 bits per heavy atom. The molecule has 6 unspecified atom stereocenters. The van der Waals surface area contributed by atoms with Crippen LogP contribution in [0, 0.1) is 17.0 Å². The van der Waals surface area contributed by atoms with Gasteiger partial charge in [0.05, 0.1) is 16.6 Å². The SMILES string of the molecule is CN1C(C2OC2O)C(c2cccc(Cl)c2F)C(N)(c2ccc(Cl)cc2F)C1CC(C)(C)C. The standard InChI is InChI=1S/C24H28Cl2F2N2O2/c1-23(2,3)11-17-24(29,14-9-8-12(25)10-16(14)27)18(13-6-5-7-15(26)19(13)28)20(30(17)4)21-22(31)32-21/h5-10,17-18,20-22,31H,11,29H2,1-4H3. The second-order valence-corrected chi connectivity index (χ2v) is 10.9. The van der Waals surface area contributed by atoms with Crippen LogP contribution >= 0.6 is 23.2 Å². The van der Waals surface area contributed by atoms with Crippen LogP contribution in [0.4, 0.5) is 8.78 Å². The minimum absolute atomic E-state index is 0.0423. The number of rotatable bonds is 4. The molecule has 0 aromatic heterocycles. The third-order valence-electron chi connectivity index (χ3n) is 6.73. The van der Waals surface area contributed by atoms with Crippen molar-refractivity contribution in [1.29, 1.82) is 0 Å². The molecule has 3 N–H and O–H groups in total. The van der Waals surface area contributed by atoms with Crippen molar-refractivity contribution in [3.63, 3.8) is 0 Å². The number of epoxide rings is 1. The van der Waals surface area contributed by atoms with Gasteiger partial charge in [0.2, 0.25) is 0 Å². The van der Waals surface area contributed by atoms with E-state index in [0.29, 0.717) is 6.42 Å². The average Bonchev–Trinajstić information content (AvgIpc) is 3.36. The highest BCUT2D eigenvalue weighted by Crippen LogP contribution is 2.56. The van der Waals surface area contributed by atoms with Gasteiger partial charge in [-0.2, -0.15) is 0 Å². The van der Waals surface area contributed by atoms with Gasteiger partial charge in [0, 0.05) is 22.5 Å². The zero-order valence-electron chi connectivity index (χ0n) is 18.4. The lowest BCUT2D eigenvalue weighted by Gasteiger charge is -2.41. The van der Waals surface area contributed by atoms with Crippen LogP contribution in [-0.4, -0.2) is 41.5 Å². The lowest BCUT2D eigenvalue weighted by Crippen LogP contribution is -2.52. The van der Waals surface area contributed by atoms with E-state index in [-0.39, 0.29) is 32.6 Å². The number of likely N-dealkylation sites (tertiary alicyclic amines) is 1. The van der Waals surface area contributed by atoms with E-state index in [4.69, 9.17) is 33.7 Å². The predicted molar refractivity (Wildman–Crippen MR) is 122 cm³/mol. The lowest BCUT2D eigenvalue weighted by atomic mass is 9.68. The van der Waals surface area contributed by atoms with Gasteiger partial charge in [-0.1, -0.05) is 62.2 Å². The number of halogens is 4. The Labute approximate surface area is 197 Å². The molecule has 2 fully saturated rings. The Morgan fingerprint density at radius 1 is 1.19 bits per heavy atom. The first-order chi connectivity index (χ1) is 14.9. The summed E-state index contributed by atoms with van der Waals surface area (Å²) in [6.07, 6.45) is -0.966. The third kappa shape index (κ3) is 3.95. The van der Waals surface area contributed by atoms with Crippen molar-refractivity contribution in [2.24, 2.45) is 11.1 Å². The Balaban J connectivity index is 1.99. The summed E-state index contributed by atoms with van der Waals surface area (Å²) in [5.41, 5.74) is 6.19. The lowest BCUT2D eigenvalue weighted by molar-refractivity contribution is 0.139. The molecule has 2 aliphatic rings. The quantitative estimate of drug-likeness (QED) is 0.596. The summed E-state index contributed by atoms with van der Waals surface area (Å²) in [5.74, 6) is -1.90. The molecule has 2 aromatic rings. The van der Waals surface area contributed by atoms with Crippen molar-refractivity contribution < 1.29 is 18.6 Å². The van der Waals surface area contributed by atoms with E-state index in [1.54, 1.807) is 24.3 Å². The van der Waals surface area contributed by atoms with Crippen LogP contribution in [0.5, 0.6) is 0 Å². The molecule has 0 amide bonds. The van der Waals surface area contributed by atoms with Crippen molar-refractivity contribution in [2.75, 3.05) is 7.05 Å². The summed E-state index contributed by atoms with van der Waals surface area (Å²) in [4.78, 5) is 2.01. The summed E-state index contributed by atoms with van der Waals surface area (Å²) >= 11 is 12.2. The van der Waals surface area contributed by atoms with E-state index >= 15 is 8.78 Å². The minimum atomic E-state index is -1.35. The number of hydrogen-bond donors (Lipinski definition) is 2. The number of nitrogens with zero attached hydrogens (tertiary/aromatic N) is 1. The van der Waals surface area contributed by atoms with Gasteiger partial charge < -0.3 is 15.6 Å².